The first-order chi connectivity index (χ1) is 29.7. The second-order valence-corrected chi connectivity index (χ2v) is 14.0. The summed E-state index contributed by atoms with van der Waals surface area (Å²) in [6.45, 7) is 26.3. The monoisotopic (exact) mass is 815 g/mol. The third-order valence-corrected chi connectivity index (χ3v) is 9.88. The molecule has 0 amide bonds. The van der Waals surface area contributed by atoms with E-state index in [9.17, 15) is 5.11 Å². The molecule has 0 saturated heterocycles. The molecule has 2 aliphatic carbocycles. The Kier molecular flexibility index (Phi) is 20.6. The van der Waals surface area contributed by atoms with Crippen LogP contribution in [0.15, 0.2) is 133 Å². The molecule has 0 fully saturated rings. The van der Waals surface area contributed by atoms with Gasteiger partial charge in [0.05, 0.1) is 16.6 Å². The Balaban J connectivity index is 0.00000158. The quantitative estimate of drug-likeness (QED) is 0.121. The largest absolute Gasteiger partial charge is 0.512 e. The van der Waals surface area contributed by atoms with Crippen molar-refractivity contribution in [3.8, 4) is 5.69 Å². The van der Waals surface area contributed by atoms with E-state index in [1.807, 2.05) is 61.5 Å². The maximum absolute atomic E-state index is 10.5. The summed E-state index contributed by atoms with van der Waals surface area (Å²) < 4.78 is 2.33. The van der Waals surface area contributed by atoms with Crippen molar-refractivity contribution in [1.82, 2.24) is 19.5 Å². The molecular formula is C56H70N4O. The van der Waals surface area contributed by atoms with Crippen LogP contribution in [-0.2, 0) is 0 Å². The van der Waals surface area contributed by atoms with Crippen molar-refractivity contribution in [3.05, 3.63) is 172 Å². The highest BCUT2D eigenvalue weighted by Gasteiger charge is 2.17. The Bertz CT molecular complexity index is 2530. The van der Waals surface area contributed by atoms with E-state index in [1.54, 1.807) is 6.92 Å². The zero-order valence-electron chi connectivity index (χ0n) is 39.3. The lowest BCUT2D eigenvalue weighted by molar-refractivity contribution is 0.410. The average Bonchev–Trinajstić information content (AvgIpc) is 3.43. The summed E-state index contributed by atoms with van der Waals surface area (Å²) in [5.74, 6) is 2.29. The van der Waals surface area contributed by atoms with E-state index in [0.717, 1.165) is 75.7 Å². The van der Waals surface area contributed by atoms with Gasteiger partial charge in [0.1, 0.15) is 0 Å². The van der Waals surface area contributed by atoms with E-state index in [4.69, 9.17) is 15.0 Å². The summed E-state index contributed by atoms with van der Waals surface area (Å²) >= 11 is 0. The molecule has 5 heteroatoms. The summed E-state index contributed by atoms with van der Waals surface area (Å²) in [4.78, 5) is 15.1. The van der Waals surface area contributed by atoms with E-state index in [1.165, 1.54) is 21.7 Å². The van der Waals surface area contributed by atoms with Gasteiger partial charge in [-0.25, -0.2) is 15.0 Å². The van der Waals surface area contributed by atoms with Gasteiger partial charge in [0.25, 0.3) is 0 Å². The first-order valence-electron chi connectivity index (χ1n) is 22.4. The molecule has 2 aromatic heterocycles. The Morgan fingerprint density at radius 2 is 1.54 bits per heavy atom. The Hall–Kier alpha value is -6.07. The van der Waals surface area contributed by atoms with Gasteiger partial charge in [-0.3, -0.25) is 0 Å². The molecule has 4 aromatic rings. The highest BCUT2D eigenvalue weighted by molar-refractivity contribution is 5.94. The molecular weight excluding hydrogens is 745 g/mol. The van der Waals surface area contributed by atoms with Crippen molar-refractivity contribution in [2.24, 2.45) is 0 Å². The second-order valence-electron chi connectivity index (χ2n) is 14.0. The van der Waals surface area contributed by atoms with E-state index in [2.05, 4.69) is 160 Å². The minimum Gasteiger partial charge on any atom is -0.512 e. The van der Waals surface area contributed by atoms with Crippen LogP contribution in [0.5, 0.6) is 0 Å². The predicted octanol–water partition coefficient (Wildman–Crippen LogP) is 14.8. The molecule has 2 heterocycles. The van der Waals surface area contributed by atoms with Crippen LogP contribution in [0, 0.1) is 0 Å². The van der Waals surface area contributed by atoms with Gasteiger partial charge < -0.3 is 9.67 Å². The van der Waals surface area contributed by atoms with E-state index in [-0.39, 0.29) is 0 Å². The third kappa shape index (κ3) is 12.5. The van der Waals surface area contributed by atoms with E-state index in [0.29, 0.717) is 23.2 Å². The smallest absolute Gasteiger partial charge is 0.164 e. The average molecular weight is 815 g/mol. The number of aromatic nitrogens is 4. The van der Waals surface area contributed by atoms with Crippen LogP contribution in [0.25, 0.3) is 56.6 Å². The van der Waals surface area contributed by atoms with Crippen LogP contribution in [0.4, 0.5) is 0 Å². The number of aliphatic hydroxyl groups excluding tert-OH is 1. The molecule has 61 heavy (non-hydrogen) atoms. The van der Waals surface area contributed by atoms with Gasteiger partial charge in [-0.1, -0.05) is 164 Å². The maximum atomic E-state index is 10.5. The Labute approximate surface area is 367 Å². The number of hydrogen-bond donors (Lipinski definition) is 1. The molecule has 0 bridgehead atoms. The van der Waals surface area contributed by atoms with E-state index >= 15 is 0 Å². The van der Waals surface area contributed by atoms with Crippen LogP contribution in [-0.4, -0.2) is 24.6 Å². The molecule has 2 aliphatic rings. The zero-order chi connectivity index (χ0) is 44.9. The fraction of sp³-hybridized carbons (Fsp3) is 0.304. The van der Waals surface area contributed by atoms with Crippen molar-refractivity contribution in [2.45, 2.75) is 116 Å². The second kappa shape index (κ2) is 25.5. The summed E-state index contributed by atoms with van der Waals surface area (Å²) in [7, 11) is 0. The normalized spacial score (nSPS) is 14.8. The lowest BCUT2D eigenvalue weighted by Crippen LogP contribution is -2.30. The van der Waals surface area contributed by atoms with E-state index < -0.39 is 0 Å². The lowest BCUT2D eigenvalue weighted by Gasteiger charge is -2.12. The summed E-state index contributed by atoms with van der Waals surface area (Å²) in [5, 5.41) is 14.0. The molecule has 1 N–H and O–H groups in total. The third-order valence-electron chi connectivity index (χ3n) is 9.88. The molecule has 0 spiro atoms. The van der Waals surface area contributed by atoms with Crippen molar-refractivity contribution in [2.75, 3.05) is 0 Å². The summed E-state index contributed by atoms with van der Waals surface area (Å²) in [5.41, 5.74) is 10.6. The molecule has 6 rings (SSSR count). The molecule has 0 atom stereocenters. The zero-order valence-corrected chi connectivity index (χ0v) is 39.3. The highest BCUT2D eigenvalue weighted by atomic mass is 16.3. The fourth-order valence-electron chi connectivity index (χ4n) is 6.91. The number of rotatable bonds is 11. The Morgan fingerprint density at radius 1 is 0.820 bits per heavy atom. The summed E-state index contributed by atoms with van der Waals surface area (Å²) in [6.07, 6.45) is 35.5. The van der Waals surface area contributed by atoms with Crippen LogP contribution >= 0.6 is 0 Å². The Morgan fingerprint density at radius 3 is 2.21 bits per heavy atom. The van der Waals surface area contributed by atoms with Gasteiger partial charge in [0, 0.05) is 27.4 Å². The first kappa shape index (κ1) is 49.3. The molecule has 0 saturated carbocycles. The van der Waals surface area contributed by atoms with Gasteiger partial charge in [-0.2, -0.15) is 0 Å². The first-order valence-corrected chi connectivity index (χ1v) is 22.4. The van der Waals surface area contributed by atoms with Crippen molar-refractivity contribution >= 4 is 50.9 Å². The molecule has 0 aliphatic heterocycles. The lowest BCUT2D eigenvalue weighted by atomic mass is 10.0. The van der Waals surface area contributed by atoms with Crippen molar-refractivity contribution in [3.63, 3.8) is 0 Å². The predicted molar refractivity (Wildman–Crippen MR) is 270 cm³/mol. The number of nitrogens with zero attached hydrogens (tertiary/aromatic N) is 4. The van der Waals surface area contributed by atoms with Gasteiger partial charge in [0.2, 0.25) is 0 Å². The number of hydrogen-bond acceptors (Lipinski definition) is 4. The number of aliphatic hydroxyl groups is 1. The topological polar surface area (TPSA) is 63.8 Å². The van der Waals surface area contributed by atoms with Gasteiger partial charge in [-0.15, -0.1) is 0 Å². The van der Waals surface area contributed by atoms with Gasteiger partial charge in [-0.05, 0) is 118 Å². The number of benzene rings is 2. The molecule has 320 valence electrons. The standard InChI is InChI=1S/C50H52N4O.3C2H6/c1-8-11-21-40(19-10-3)49-51-48(52-50(53-49)41-23-15-13-14-16-24-41)36(6)32-42(22-12-9-2)38-28-30-43(31-29-38)54-44-27-18-26-39-25-17-20-34(4)46(47(39)44)45(54)33-35(5)37(7)55;3*1-2/h9,11-13,15-19,21-33,55H,8,10,14,20H2,1-7H3;3*1-2H3/b12-9-,21-11-,36-32+,37-35+,40-19+,42-22+,45-33+;;;. The SMILES string of the molecule is CC.CC.CC.C\C=C/C=C(\C=C(/C)c1nc(C2=CC=CCC=C2)nc(C(/C=C\CC)=C/CC)n1)c1ccc(-n2/c(=C/C(C)=C(\C)O)c3c4c(cccc42)C=CCC=3C)cc1. The van der Waals surface area contributed by atoms with Gasteiger partial charge in [0.15, 0.2) is 17.5 Å². The van der Waals surface area contributed by atoms with Crippen molar-refractivity contribution < 1.29 is 5.11 Å². The van der Waals surface area contributed by atoms with Crippen LogP contribution < -0.4 is 10.6 Å². The number of allylic oxidation sites excluding steroid dienone is 19. The van der Waals surface area contributed by atoms with Crippen LogP contribution in [0.3, 0.4) is 0 Å². The highest BCUT2D eigenvalue weighted by Crippen LogP contribution is 2.28. The van der Waals surface area contributed by atoms with Gasteiger partial charge >= 0.3 is 0 Å². The molecule has 0 radical (unpaired) electrons. The minimum absolute atomic E-state index is 0.316. The molecule has 2 aromatic carbocycles. The fourth-order valence-corrected chi connectivity index (χ4v) is 6.91. The van der Waals surface area contributed by atoms with Crippen LogP contribution in [0.1, 0.15) is 144 Å². The molecule has 5 nitrogen and oxygen atoms in total. The van der Waals surface area contributed by atoms with Crippen LogP contribution in [0.2, 0.25) is 0 Å². The maximum Gasteiger partial charge on any atom is 0.164 e. The van der Waals surface area contributed by atoms with Crippen molar-refractivity contribution in [1.29, 1.82) is 0 Å². The molecule has 0 unspecified atom stereocenters. The minimum atomic E-state index is 0.316. The summed E-state index contributed by atoms with van der Waals surface area (Å²) in [6, 6.07) is 15.3.